The molecule has 1 aromatic rings. The molecular weight excluding hydrogens is 304 g/mol. The predicted octanol–water partition coefficient (Wildman–Crippen LogP) is 4.20. The standard InChI is InChI=1S/C19H22N2OS/c1-4-10-21(13(3)5-2)14-6-8-16-18(11-14)23-19-12-15(22)7-9-17(19)20-16/h6-9,11-13H,4-5,10H2,1-3H3/p+1. The van der Waals surface area contributed by atoms with Crippen molar-refractivity contribution in [1.82, 2.24) is 0 Å². The summed E-state index contributed by atoms with van der Waals surface area (Å²) < 4.78 is 1.19. The Labute approximate surface area is 140 Å². The molecule has 1 N–H and O–H groups in total. The van der Waals surface area contributed by atoms with Crippen molar-refractivity contribution >= 4 is 27.2 Å². The SMILES string of the molecule is CCCN(c1ccc2[nH+]c3ccc(=O)cc-3sc2c1)C(C)CC. The number of nitrogens with one attached hydrogen (secondary N) is 1. The summed E-state index contributed by atoms with van der Waals surface area (Å²) in [7, 11) is 0. The minimum Gasteiger partial charge on any atom is -0.369 e. The Kier molecular flexibility index (Phi) is 4.62. The fraction of sp³-hybridized carbons (Fsp3) is 0.368. The summed E-state index contributed by atoms with van der Waals surface area (Å²) >= 11 is 1.68. The van der Waals surface area contributed by atoms with Crippen LogP contribution in [0.4, 0.5) is 5.69 Å². The number of fused-ring (bicyclic) bond motifs is 2. The molecule has 0 amide bonds. The highest BCUT2D eigenvalue weighted by atomic mass is 32.1. The topological polar surface area (TPSA) is 34.5 Å². The minimum atomic E-state index is 0.0601. The van der Waals surface area contributed by atoms with Gasteiger partial charge in [-0.2, -0.15) is 0 Å². The van der Waals surface area contributed by atoms with Gasteiger partial charge in [0.15, 0.2) is 5.43 Å². The molecule has 1 atom stereocenters. The van der Waals surface area contributed by atoms with E-state index in [2.05, 4.69) is 48.9 Å². The maximum absolute atomic E-state index is 11.6. The first-order valence-electron chi connectivity index (χ1n) is 8.29. The zero-order valence-electron chi connectivity index (χ0n) is 13.9. The van der Waals surface area contributed by atoms with E-state index in [4.69, 9.17) is 0 Å². The minimum absolute atomic E-state index is 0.0601. The molecule has 0 saturated heterocycles. The summed E-state index contributed by atoms with van der Waals surface area (Å²) in [5.41, 5.74) is 3.45. The molecule has 1 aliphatic heterocycles. The Bertz CT molecular complexity index is 842. The highest BCUT2D eigenvalue weighted by Crippen LogP contribution is 2.30. The molecular formula is C19H23N2OS+. The van der Waals surface area contributed by atoms with Gasteiger partial charge in [-0.1, -0.05) is 13.8 Å². The van der Waals surface area contributed by atoms with Crippen molar-refractivity contribution < 1.29 is 4.98 Å². The molecule has 1 aromatic carbocycles. The van der Waals surface area contributed by atoms with E-state index in [1.807, 2.05) is 6.07 Å². The number of nitrogens with zero attached hydrogens (tertiary/aromatic N) is 1. The van der Waals surface area contributed by atoms with Crippen molar-refractivity contribution in [1.29, 1.82) is 0 Å². The van der Waals surface area contributed by atoms with Crippen LogP contribution < -0.4 is 15.3 Å². The Balaban J connectivity index is 2.12. The highest BCUT2D eigenvalue weighted by Gasteiger charge is 2.17. The lowest BCUT2D eigenvalue weighted by molar-refractivity contribution is -0.330. The van der Waals surface area contributed by atoms with Crippen molar-refractivity contribution in [2.45, 2.75) is 39.7 Å². The lowest BCUT2D eigenvalue weighted by Gasteiger charge is -2.30. The van der Waals surface area contributed by atoms with E-state index in [1.165, 1.54) is 10.4 Å². The number of H-pyrrole nitrogens is 1. The monoisotopic (exact) mass is 327 g/mol. The van der Waals surface area contributed by atoms with Crippen LogP contribution in [-0.4, -0.2) is 12.6 Å². The van der Waals surface area contributed by atoms with E-state index in [0.29, 0.717) is 6.04 Å². The molecule has 4 heteroatoms. The molecule has 0 spiro atoms. The van der Waals surface area contributed by atoms with E-state index in [0.717, 1.165) is 35.5 Å². The molecule has 3 nitrogen and oxygen atoms in total. The van der Waals surface area contributed by atoms with E-state index in [-0.39, 0.29) is 5.43 Å². The van der Waals surface area contributed by atoms with Gasteiger partial charge >= 0.3 is 0 Å². The fourth-order valence-corrected chi connectivity index (χ4v) is 3.95. The average Bonchev–Trinajstić information content (AvgIpc) is 2.56. The number of rotatable bonds is 5. The van der Waals surface area contributed by atoms with Crippen LogP contribution in [0.15, 0.2) is 41.2 Å². The Morgan fingerprint density at radius 1 is 1.17 bits per heavy atom. The molecule has 0 fully saturated rings. The quantitative estimate of drug-likeness (QED) is 0.658. The molecule has 23 heavy (non-hydrogen) atoms. The number of benzene rings is 2. The van der Waals surface area contributed by atoms with Gasteiger partial charge in [-0.25, -0.2) is 4.98 Å². The number of anilines is 1. The van der Waals surface area contributed by atoms with Gasteiger partial charge in [0.05, 0.1) is 0 Å². The smallest absolute Gasteiger partial charge is 0.221 e. The number of aromatic nitrogens is 1. The van der Waals surface area contributed by atoms with Gasteiger partial charge in [-0.3, -0.25) is 4.79 Å². The summed E-state index contributed by atoms with van der Waals surface area (Å²) in [6.45, 7) is 7.79. The van der Waals surface area contributed by atoms with E-state index < -0.39 is 0 Å². The van der Waals surface area contributed by atoms with Gasteiger partial charge in [-0.05, 0) is 38.0 Å². The first kappa shape index (κ1) is 15.9. The van der Waals surface area contributed by atoms with E-state index in [1.54, 1.807) is 23.5 Å². The summed E-state index contributed by atoms with van der Waals surface area (Å²) in [4.78, 5) is 18.5. The molecule has 2 aliphatic rings. The largest absolute Gasteiger partial charge is 0.369 e. The molecule has 1 aliphatic carbocycles. The maximum atomic E-state index is 11.6. The second kappa shape index (κ2) is 6.67. The third-order valence-corrected chi connectivity index (χ3v) is 5.44. The first-order valence-corrected chi connectivity index (χ1v) is 9.10. The lowest BCUT2D eigenvalue weighted by atomic mass is 10.1. The van der Waals surface area contributed by atoms with Crippen LogP contribution >= 0.6 is 11.3 Å². The Morgan fingerprint density at radius 3 is 2.74 bits per heavy atom. The van der Waals surface area contributed by atoms with Gasteiger partial charge < -0.3 is 4.90 Å². The molecule has 1 heterocycles. The van der Waals surface area contributed by atoms with Crippen molar-refractivity contribution in [2.75, 3.05) is 11.4 Å². The van der Waals surface area contributed by atoms with Gasteiger partial charge in [0, 0.05) is 36.5 Å². The molecule has 0 bridgehead atoms. The van der Waals surface area contributed by atoms with Crippen molar-refractivity contribution in [2.24, 2.45) is 0 Å². The Hall–Kier alpha value is -1.94. The average molecular weight is 327 g/mol. The van der Waals surface area contributed by atoms with Crippen LogP contribution in [0.2, 0.25) is 0 Å². The van der Waals surface area contributed by atoms with Crippen LogP contribution in [0.25, 0.3) is 20.8 Å². The summed E-state index contributed by atoms with van der Waals surface area (Å²) in [6, 6.07) is 12.3. The zero-order valence-corrected chi connectivity index (χ0v) is 14.7. The van der Waals surface area contributed by atoms with Gasteiger partial charge in [0.25, 0.3) is 0 Å². The highest BCUT2D eigenvalue weighted by molar-refractivity contribution is 7.21. The van der Waals surface area contributed by atoms with Gasteiger partial charge in [0.1, 0.15) is 9.58 Å². The van der Waals surface area contributed by atoms with Crippen molar-refractivity contribution in [3.63, 3.8) is 0 Å². The number of hydrogen-bond acceptors (Lipinski definition) is 3. The second-order valence-corrected chi connectivity index (χ2v) is 7.10. The van der Waals surface area contributed by atoms with Crippen LogP contribution in [0.1, 0.15) is 33.6 Å². The molecule has 0 radical (unpaired) electrons. The van der Waals surface area contributed by atoms with Gasteiger partial charge in [-0.15, -0.1) is 11.3 Å². The van der Waals surface area contributed by atoms with E-state index >= 15 is 0 Å². The van der Waals surface area contributed by atoms with E-state index in [9.17, 15) is 4.79 Å². The summed E-state index contributed by atoms with van der Waals surface area (Å²) in [5, 5.41) is 0. The number of aromatic amines is 1. The second-order valence-electron chi connectivity index (χ2n) is 6.02. The summed E-state index contributed by atoms with van der Waals surface area (Å²) in [5.74, 6) is 0. The lowest BCUT2D eigenvalue weighted by Crippen LogP contribution is -2.33. The van der Waals surface area contributed by atoms with Crippen LogP contribution in [0.3, 0.4) is 0 Å². The normalized spacial score (nSPS) is 12.7. The van der Waals surface area contributed by atoms with Crippen molar-refractivity contribution in [3.8, 4) is 10.6 Å². The molecule has 1 unspecified atom stereocenters. The van der Waals surface area contributed by atoms with Crippen LogP contribution in [0.5, 0.6) is 0 Å². The summed E-state index contributed by atoms with van der Waals surface area (Å²) in [6.07, 6.45) is 2.26. The molecule has 120 valence electrons. The third-order valence-electron chi connectivity index (χ3n) is 4.33. The molecule has 3 rings (SSSR count). The Morgan fingerprint density at radius 2 is 2.00 bits per heavy atom. The van der Waals surface area contributed by atoms with Crippen LogP contribution in [-0.2, 0) is 0 Å². The zero-order chi connectivity index (χ0) is 16.4. The van der Waals surface area contributed by atoms with Crippen molar-refractivity contribution in [3.05, 3.63) is 46.6 Å². The third kappa shape index (κ3) is 3.22. The van der Waals surface area contributed by atoms with Crippen LogP contribution in [0, 0.1) is 0 Å². The maximum Gasteiger partial charge on any atom is 0.221 e. The molecule has 0 aromatic heterocycles. The number of hydrogen-bond donors (Lipinski definition) is 0. The molecule has 0 saturated carbocycles. The van der Waals surface area contributed by atoms with Gasteiger partial charge in [0.2, 0.25) is 11.2 Å². The predicted molar refractivity (Wildman–Crippen MR) is 98.7 cm³/mol. The first-order chi connectivity index (χ1) is 11.1. The fourth-order valence-electron chi connectivity index (χ4n) is 2.90.